The van der Waals surface area contributed by atoms with Crippen LogP contribution in [0.4, 0.5) is 57.1 Å². The summed E-state index contributed by atoms with van der Waals surface area (Å²) in [7, 11) is 0. The number of unbranched alkanes of at least 4 members (excludes halogenated alkanes) is 5. The number of alkyl halides is 13. The first kappa shape index (κ1) is 30.3. The molecule has 0 aliphatic heterocycles. The summed E-state index contributed by atoms with van der Waals surface area (Å²) in [6.07, 6.45) is -4.03. The first-order valence-corrected chi connectivity index (χ1v) is 8.96. The van der Waals surface area contributed by atoms with Gasteiger partial charge in [0.2, 0.25) is 0 Å². The number of halogens is 13. The van der Waals surface area contributed by atoms with Gasteiger partial charge in [-0.15, -0.1) is 0 Å². The van der Waals surface area contributed by atoms with Crippen molar-refractivity contribution in [2.24, 2.45) is 0 Å². The van der Waals surface area contributed by atoms with Gasteiger partial charge in [-0.2, -0.15) is 57.1 Å². The van der Waals surface area contributed by atoms with Gasteiger partial charge in [0.05, 0.1) is 6.61 Å². The van der Waals surface area contributed by atoms with Crippen LogP contribution < -0.4 is 0 Å². The van der Waals surface area contributed by atoms with Crippen LogP contribution in [0, 0.1) is 0 Å². The van der Waals surface area contributed by atoms with Gasteiger partial charge < -0.3 is 4.74 Å². The summed E-state index contributed by atoms with van der Waals surface area (Å²) in [4.78, 5) is 11.4. The van der Waals surface area contributed by atoms with Gasteiger partial charge in [0.15, 0.2) is 0 Å². The Morgan fingerprint density at radius 3 is 1.50 bits per heavy atom. The van der Waals surface area contributed by atoms with Crippen LogP contribution in [0.1, 0.15) is 45.4 Å². The van der Waals surface area contributed by atoms with Gasteiger partial charge in [-0.1, -0.05) is 45.6 Å². The maximum absolute atomic E-state index is 13.8. The number of hydrogen-bond donors (Lipinski definition) is 0. The molecular formula is C17H19F13O2. The molecule has 0 heterocycles. The summed E-state index contributed by atoms with van der Waals surface area (Å²) in [5, 5.41) is 0. The highest BCUT2D eigenvalue weighted by molar-refractivity contribution is 5.90. The summed E-state index contributed by atoms with van der Waals surface area (Å²) in [6, 6.07) is 0. The summed E-state index contributed by atoms with van der Waals surface area (Å²) < 4.78 is 174. The predicted molar refractivity (Wildman–Crippen MR) is 84.3 cm³/mol. The second-order valence-electron chi connectivity index (χ2n) is 6.75. The summed E-state index contributed by atoms with van der Waals surface area (Å²) in [5.74, 6) is -40.6. The van der Waals surface area contributed by atoms with E-state index in [9.17, 15) is 61.9 Å². The van der Waals surface area contributed by atoms with E-state index in [1.54, 1.807) is 0 Å². The molecule has 0 aliphatic carbocycles. The van der Waals surface area contributed by atoms with E-state index in [1.807, 2.05) is 13.5 Å². The van der Waals surface area contributed by atoms with Crippen LogP contribution in [0.5, 0.6) is 0 Å². The molecule has 0 rings (SSSR count). The Balaban J connectivity index is 5.57. The Morgan fingerprint density at radius 1 is 0.656 bits per heavy atom. The van der Waals surface area contributed by atoms with Crippen molar-refractivity contribution in [2.75, 3.05) is 6.61 Å². The maximum atomic E-state index is 13.8. The molecule has 0 amide bonds. The van der Waals surface area contributed by atoms with Crippen molar-refractivity contribution in [3.8, 4) is 0 Å². The average molecular weight is 502 g/mol. The van der Waals surface area contributed by atoms with E-state index in [1.165, 1.54) is 0 Å². The lowest BCUT2D eigenvalue weighted by molar-refractivity contribution is -0.436. The van der Waals surface area contributed by atoms with Gasteiger partial charge >= 0.3 is 41.8 Å². The molecule has 0 atom stereocenters. The zero-order valence-corrected chi connectivity index (χ0v) is 16.4. The number of carbonyl (C=O) groups excluding carboxylic acids is 1. The molecule has 0 radical (unpaired) electrons. The van der Waals surface area contributed by atoms with Crippen molar-refractivity contribution in [2.45, 2.75) is 81.2 Å². The number of rotatable bonds is 13. The average Bonchev–Trinajstić information content (AvgIpc) is 2.64. The van der Waals surface area contributed by atoms with Crippen molar-refractivity contribution in [1.82, 2.24) is 0 Å². The molecule has 0 saturated carbocycles. The lowest BCUT2D eigenvalue weighted by Gasteiger charge is -2.39. The largest absolute Gasteiger partial charge is 0.462 e. The van der Waals surface area contributed by atoms with E-state index in [-0.39, 0.29) is 6.42 Å². The molecule has 15 heteroatoms. The minimum atomic E-state index is -8.03. The molecule has 0 fully saturated rings. The molecule has 0 aromatic heterocycles. The third kappa shape index (κ3) is 5.43. The molecule has 0 aromatic rings. The van der Waals surface area contributed by atoms with Crippen LogP contribution in [0.3, 0.4) is 0 Å². The second-order valence-corrected chi connectivity index (χ2v) is 6.75. The third-order valence-corrected chi connectivity index (χ3v) is 4.29. The number of esters is 1. The molecule has 0 aliphatic rings. The molecule has 0 bridgehead atoms. The predicted octanol–water partition coefficient (Wildman–Crippen LogP) is 7.19. The Morgan fingerprint density at radius 2 is 1.06 bits per heavy atom. The highest BCUT2D eigenvalue weighted by Gasteiger charge is 2.91. The quantitative estimate of drug-likeness (QED) is 0.115. The van der Waals surface area contributed by atoms with Crippen LogP contribution in [-0.4, -0.2) is 48.4 Å². The lowest BCUT2D eigenvalue weighted by Crippen LogP contribution is -2.70. The van der Waals surface area contributed by atoms with E-state index < -0.39 is 53.9 Å². The minimum absolute atomic E-state index is 0.0106. The van der Waals surface area contributed by atoms with Crippen molar-refractivity contribution < 1.29 is 66.6 Å². The van der Waals surface area contributed by atoms with Gasteiger partial charge in [0, 0.05) is 0 Å². The van der Waals surface area contributed by atoms with Crippen molar-refractivity contribution >= 4 is 5.97 Å². The van der Waals surface area contributed by atoms with Gasteiger partial charge in [0.1, 0.15) is 5.57 Å². The molecule has 0 aromatic carbocycles. The highest BCUT2D eigenvalue weighted by Crippen LogP contribution is 2.61. The Kier molecular flexibility index (Phi) is 9.52. The fourth-order valence-electron chi connectivity index (χ4n) is 2.22. The van der Waals surface area contributed by atoms with E-state index in [2.05, 4.69) is 4.74 Å². The number of hydrogen-bond acceptors (Lipinski definition) is 2. The standard InChI is InChI=1S/C17H19F13O2/c1-3-4-5-6-7-8-9-32-11(31)10(2)12(18,19)13(20,21)14(22,23)15(24,25)16(26,27)17(28,29)30/h2-9H2,1H3. The lowest BCUT2D eigenvalue weighted by atomic mass is 9.91. The van der Waals surface area contributed by atoms with E-state index >= 15 is 0 Å². The highest BCUT2D eigenvalue weighted by atomic mass is 19.4. The summed E-state index contributed by atoms with van der Waals surface area (Å²) in [5.41, 5.74) is -2.83. The first-order chi connectivity index (χ1) is 14.1. The molecule has 0 spiro atoms. The van der Waals surface area contributed by atoms with E-state index in [0.29, 0.717) is 12.8 Å². The second kappa shape index (κ2) is 10.1. The fourth-order valence-corrected chi connectivity index (χ4v) is 2.22. The van der Waals surface area contributed by atoms with Crippen LogP contribution in [0.15, 0.2) is 12.2 Å². The zero-order chi connectivity index (χ0) is 25.8. The monoisotopic (exact) mass is 502 g/mol. The SMILES string of the molecule is C=C(C(=O)OCCCCCCCC)C(F)(F)C(F)(F)C(F)(F)C(F)(F)C(F)(F)C(F)(F)F. The topological polar surface area (TPSA) is 26.3 Å². The first-order valence-electron chi connectivity index (χ1n) is 8.96. The molecule has 190 valence electrons. The normalized spacial score (nSPS) is 14.4. The third-order valence-electron chi connectivity index (χ3n) is 4.29. The molecule has 0 unspecified atom stereocenters. The van der Waals surface area contributed by atoms with Gasteiger partial charge in [-0.05, 0) is 6.42 Å². The maximum Gasteiger partial charge on any atom is 0.460 e. The van der Waals surface area contributed by atoms with Crippen LogP contribution >= 0.6 is 0 Å². The number of carbonyl (C=O) groups is 1. The Hall–Kier alpha value is -1.70. The molecular weight excluding hydrogens is 483 g/mol. The smallest absolute Gasteiger partial charge is 0.460 e. The molecule has 0 N–H and O–H groups in total. The van der Waals surface area contributed by atoms with Crippen molar-refractivity contribution in [3.05, 3.63) is 12.2 Å². The Labute approximate surface area is 173 Å². The minimum Gasteiger partial charge on any atom is -0.462 e. The van der Waals surface area contributed by atoms with Crippen LogP contribution in [0.2, 0.25) is 0 Å². The van der Waals surface area contributed by atoms with E-state index in [0.717, 1.165) is 19.3 Å². The van der Waals surface area contributed by atoms with Crippen molar-refractivity contribution in [1.29, 1.82) is 0 Å². The number of ether oxygens (including phenoxy) is 1. The fraction of sp³-hybridized carbons (Fsp3) is 0.824. The van der Waals surface area contributed by atoms with Crippen LogP contribution in [-0.2, 0) is 9.53 Å². The van der Waals surface area contributed by atoms with Gasteiger partial charge in [-0.25, -0.2) is 4.79 Å². The molecule has 32 heavy (non-hydrogen) atoms. The van der Waals surface area contributed by atoms with Crippen molar-refractivity contribution in [3.63, 3.8) is 0 Å². The molecule has 2 nitrogen and oxygen atoms in total. The summed E-state index contributed by atoms with van der Waals surface area (Å²) in [6.45, 7) is 3.25. The van der Waals surface area contributed by atoms with Gasteiger partial charge in [-0.3, -0.25) is 0 Å². The molecule has 0 saturated heterocycles. The summed E-state index contributed by atoms with van der Waals surface area (Å²) >= 11 is 0. The zero-order valence-electron chi connectivity index (χ0n) is 16.4. The van der Waals surface area contributed by atoms with Crippen LogP contribution in [0.25, 0.3) is 0 Å². The Bertz CT molecular complexity index is 653. The van der Waals surface area contributed by atoms with Gasteiger partial charge in [0.25, 0.3) is 0 Å². The van der Waals surface area contributed by atoms with E-state index in [4.69, 9.17) is 0 Å².